The van der Waals surface area contributed by atoms with E-state index in [1.807, 2.05) is 18.2 Å². The first-order valence-electron chi connectivity index (χ1n) is 6.99. The monoisotopic (exact) mass is 249 g/mol. The van der Waals surface area contributed by atoms with E-state index in [-0.39, 0.29) is 0 Å². The third kappa shape index (κ3) is 5.54. The van der Waals surface area contributed by atoms with Crippen molar-refractivity contribution in [3.05, 3.63) is 29.8 Å². The standard InChI is InChI=1S/C16H27NO/c1-12(2)9-15(10-13(3)4)17-11-14-7-5-6-8-16(14)18/h5-8,12-13,15,17-18H,9-11H2,1-4H3. The molecule has 102 valence electrons. The van der Waals surface area contributed by atoms with Gasteiger partial charge < -0.3 is 10.4 Å². The van der Waals surface area contributed by atoms with Gasteiger partial charge in [0.25, 0.3) is 0 Å². The molecule has 0 radical (unpaired) electrons. The lowest BCUT2D eigenvalue weighted by Crippen LogP contribution is -2.31. The molecule has 0 fully saturated rings. The summed E-state index contributed by atoms with van der Waals surface area (Å²) in [5, 5.41) is 13.3. The maximum atomic E-state index is 9.75. The highest BCUT2D eigenvalue weighted by molar-refractivity contribution is 5.31. The molecule has 2 nitrogen and oxygen atoms in total. The Labute approximate surface area is 111 Å². The van der Waals surface area contributed by atoms with Crippen molar-refractivity contribution in [2.45, 2.75) is 53.1 Å². The number of phenolic OH excluding ortho intramolecular Hbond substituents is 1. The molecule has 0 unspecified atom stereocenters. The minimum absolute atomic E-state index is 0.387. The molecule has 0 aliphatic rings. The third-order valence-electron chi connectivity index (χ3n) is 3.08. The lowest BCUT2D eigenvalue weighted by Gasteiger charge is -2.22. The number of aromatic hydroxyl groups is 1. The van der Waals surface area contributed by atoms with Gasteiger partial charge in [-0.15, -0.1) is 0 Å². The lowest BCUT2D eigenvalue weighted by molar-refractivity contribution is 0.355. The van der Waals surface area contributed by atoms with Gasteiger partial charge in [0.05, 0.1) is 0 Å². The summed E-state index contributed by atoms with van der Waals surface area (Å²) in [5.74, 6) is 1.79. The largest absolute Gasteiger partial charge is 0.508 e. The van der Waals surface area contributed by atoms with Crippen molar-refractivity contribution in [1.29, 1.82) is 0 Å². The van der Waals surface area contributed by atoms with Crippen LogP contribution in [0, 0.1) is 11.8 Å². The molecule has 0 amide bonds. The van der Waals surface area contributed by atoms with Crippen molar-refractivity contribution in [2.24, 2.45) is 11.8 Å². The predicted molar refractivity (Wildman–Crippen MR) is 77.6 cm³/mol. The molecule has 2 N–H and O–H groups in total. The Bertz CT molecular complexity index is 337. The van der Waals surface area contributed by atoms with Crippen LogP contribution in [0.25, 0.3) is 0 Å². The van der Waals surface area contributed by atoms with Crippen molar-refractivity contribution >= 4 is 0 Å². The van der Waals surface area contributed by atoms with E-state index in [0.29, 0.717) is 23.6 Å². The Kier molecular flexibility index (Phi) is 6.20. The van der Waals surface area contributed by atoms with Crippen molar-refractivity contribution in [2.75, 3.05) is 0 Å². The van der Waals surface area contributed by atoms with Crippen LogP contribution in [0.1, 0.15) is 46.1 Å². The minimum atomic E-state index is 0.387. The average Bonchev–Trinajstić information content (AvgIpc) is 2.26. The van der Waals surface area contributed by atoms with E-state index >= 15 is 0 Å². The van der Waals surface area contributed by atoms with Crippen molar-refractivity contribution in [1.82, 2.24) is 5.32 Å². The Hall–Kier alpha value is -1.02. The summed E-state index contributed by atoms with van der Waals surface area (Å²) in [6.07, 6.45) is 2.37. The molecule has 1 rings (SSSR count). The maximum absolute atomic E-state index is 9.75. The van der Waals surface area contributed by atoms with E-state index in [2.05, 4.69) is 33.0 Å². The Balaban J connectivity index is 2.53. The van der Waals surface area contributed by atoms with E-state index in [1.54, 1.807) is 6.07 Å². The number of rotatable bonds is 7. The number of hydrogen-bond donors (Lipinski definition) is 2. The molecule has 0 aromatic heterocycles. The molecule has 0 bridgehead atoms. The molecular weight excluding hydrogens is 222 g/mol. The van der Waals surface area contributed by atoms with E-state index in [0.717, 1.165) is 12.1 Å². The van der Waals surface area contributed by atoms with Gasteiger partial charge in [-0.3, -0.25) is 0 Å². The lowest BCUT2D eigenvalue weighted by atomic mass is 9.95. The van der Waals surface area contributed by atoms with Crippen LogP contribution in [0.5, 0.6) is 5.75 Å². The minimum Gasteiger partial charge on any atom is -0.508 e. The number of benzene rings is 1. The first-order valence-corrected chi connectivity index (χ1v) is 6.99. The molecular formula is C16H27NO. The van der Waals surface area contributed by atoms with Gasteiger partial charge >= 0.3 is 0 Å². The molecule has 0 aliphatic heterocycles. The fraction of sp³-hybridized carbons (Fsp3) is 0.625. The highest BCUT2D eigenvalue weighted by Gasteiger charge is 2.12. The predicted octanol–water partition coefficient (Wildman–Crippen LogP) is 3.94. The van der Waals surface area contributed by atoms with Crippen LogP contribution in [0.15, 0.2) is 24.3 Å². The van der Waals surface area contributed by atoms with E-state index in [4.69, 9.17) is 0 Å². The average molecular weight is 249 g/mol. The van der Waals surface area contributed by atoms with Gasteiger partial charge in [-0.05, 0) is 30.7 Å². The summed E-state index contributed by atoms with van der Waals surface area (Å²) in [6.45, 7) is 9.78. The first kappa shape index (κ1) is 15.0. The summed E-state index contributed by atoms with van der Waals surface area (Å²) in [4.78, 5) is 0. The van der Waals surface area contributed by atoms with E-state index < -0.39 is 0 Å². The summed E-state index contributed by atoms with van der Waals surface area (Å²) in [6, 6.07) is 8.08. The molecule has 0 aliphatic carbocycles. The van der Waals surface area contributed by atoms with Crippen molar-refractivity contribution in [3.63, 3.8) is 0 Å². The zero-order valence-electron chi connectivity index (χ0n) is 12.1. The summed E-state index contributed by atoms with van der Waals surface area (Å²) in [7, 11) is 0. The molecule has 0 heterocycles. The van der Waals surface area contributed by atoms with Crippen molar-refractivity contribution < 1.29 is 5.11 Å². The zero-order chi connectivity index (χ0) is 13.5. The molecule has 2 heteroatoms. The zero-order valence-corrected chi connectivity index (χ0v) is 12.1. The van der Waals surface area contributed by atoms with Crippen LogP contribution in [0.2, 0.25) is 0 Å². The van der Waals surface area contributed by atoms with Gasteiger partial charge in [0, 0.05) is 18.2 Å². The summed E-state index contributed by atoms with van der Waals surface area (Å²) >= 11 is 0. The number of phenols is 1. The van der Waals surface area contributed by atoms with E-state index in [9.17, 15) is 5.11 Å². The van der Waals surface area contributed by atoms with Gasteiger partial charge in [-0.25, -0.2) is 0 Å². The molecule has 1 aromatic carbocycles. The normalized spacial score (nSPS) is 11.7. The second-order valence-electron chi connectivity index (χ2n) is 5.97. The quantitative estimate of drug-likeness (QED) is 0.767. The van der Waals surface area contributed by atoms with Crippen LogP contribution < -0.4 is 5.32 Å². The number of hydrogen-bond acceptors (Lipinski definition) is 2. The highest BCUT2D eigenvalue weighted by Crippen LogP contribution is 2.18. The second kappa shape index (κ2) is 7.42. The summed E-state index contributed by atoms with van der Waals surface area (Å²) in [5.41, 5.74) is 0.981. The van der Waals surface area contributed by atoms with Gasteiger partial charge in [-0.1, -0.05) is 45.9 Å². The Morgan fingerprint density at radius 1 is 1.00 bits per heavy atom. The number of para-hydroxylation sites is 1. The molecule has 0 atom stereocenters. The Morgan fingerprint density at radius 3 is 2.06 bits per heavy atom. The topological polar surface area (TPSA) is 32.3 Å². The van der Waals surface area contributed by atoms with Crippen LogP contribution in [-0.2, 0) is 6.54 Å². The smallest absolute Gasteiger partial charge is 0.120 e. The van der Waals surface area contributed by atoms with Crippen LogP contribution >= 0.6 is 0 Å². The second-order valence-corrected chi connectivity index (χ2v) is 5.97. The molecule has 0 spiro atoms. The molecule has 1 aromatic rings. The van der Waals surface area contributed by atoms with Crippen LogP contribution in [0.3, 0.4) is 0 Å². The van der Waals surface area contributed by atoms with Crippen LogP contribution in [-0.4, -0.2) is 11.1 Å². The van der Waals surface area contributed by atoms with Crippen molar-refractivity contribution in [3.8, 4) is 5.75 Å². The molecule has 18 heavy (non-hydrogen) atoms. The van der Waals surface area contributed by atoms with Gasteiger partial charge in [0.15, 0.2) is 0 Å². The Morgan fingerprint density at radius 2 is 1.56 bits per heavy atom. The van der Waals surface area contributed by atoms with E-state index in [1.165, 1.54) is 12.8 Å². The summed E-state index contributed by atoms with van der Waals surface area (Å²) < 4.78 is 0. The third-order valence-corrected chi connectivity index (χ3v) is 3.08. The first-order chi connectivity index (χ1) is 8.49. The number of nitrogens with one attached hydrogen (secondary N) is 1. The van der Waals surface area contributed by atoms with Crippen LogP contribution in [0.4, 0.5) is 0 Å². The fourth-order valence-corrected chi connectivity index (χ4v) is 2.32. The van der Waals surface area contributed by atoms with Gasteiger partial charge in [-0.2, -0.15) is 0 Å². The fourth-order valence-electron chi connectivity index (χ4n) is 2.32. The highest BCUT2D eigenvalue weighted by atomic mass is 16.3. The molecule has 0 saturated carbocycles. The maximum Gasteiger partial charge on any atom is 0.120 e. The van der Waals surface area contributed by atoms with Gasteiger partial charge in [0.2, 0.25) is 0 Å². The van der Waals surface area contributed by atoms with Gasteiger partial charge in [0.1, 0.15) is 5.75 Å². The molecule has 0 saturated heterocycles. The SMILES string of the molecule is CC(C)CC(CC(C)C)NCc1ccccc1O.